The molecule has 19 heavy (non-hydrogen) atoms. The SMILES string of the molecule is CC(NCC(C)S(C)=O)c1cccc(S(N)(=O)=O)c1. The van der Waals surface area contributed by atoms with Crippen molar-refractivity contribution < 1.29 is 12.6 Å². The maximum atomic E-state index is 11.3. The van der Waals surface area contributed by atoms with Crippen LogP contribution in [0.5, 0.6) is 0 Å². The Kier molecular flexibility index (Phi) is 5.66. The number of nitrogens with two attached hydrogens (primary N) is 1. The van der Waals surface area contributed by atoms with Crippen molar-refractivity contribution in [3.8, 4) is 0 Å². The van der Waals surface area contributed by atoms with Crippen LogP contribution in [-0.2, 0) is 20.8 Å². The van der Waals surface area contributed by atoms with Gasteiger partial charge in [-0.1, -0.05) is 12.1 Å². The number of hydrogen-bond acceptors (Lipinski definition) is 4. The fourth-order valence-corrected chi connectivity index (χ4v) is 2.44. The molecule has 1 aromatic carbocycles. The number of primary sulfonamides is 1. The highest BCUT2D eigenvalue weighted by Gasteiger charge is 2.13. The number of sulfonamides is 1. The molecule has 0 saturated heterocycles. The van der Waals surface area contributed by atoms with E-state index in [0.29, 0.717) is 6.54 Å². The minimum absolute atomic E-state index is 0.0345. The zero-order valence-corrected chi connectivity index (χ0v) is 12.9. The van der Waals surface area contributed by atoms with Gasteiger partial charge in [0.25, 0.3) is 0 Å². The molecule has 0 aliphatic carbocycles. The average Bonchev–Trinajstić information content (AvgIpc) is 2.34. The fraction of sp³-hybridized carbons (Fsp3) is 0.500. The van der Waals surface area contributed by atoms with Crippen molar-refractivity contribution in [2.24, 2.45) is 5.14 Å². The Balaban J connectivity index is 2.78. The number of benzene rings is 1. The zero-order valence-electron chi connectivity index (χ0n) is 11.3. The summed E-state index contributed by atoms with van der Waals surface area (Å²) in [6, 6.07) is 6.48. The van der Waals surface area contributed by atoms with Crippen LogP contribution in [0.1, 0.15) is 25.5 Å². The summed E-state index contributed by atoms with van der Waals surface area (Å²) in [5.74, 6) is 0. The predicted octanol–water partition coefficient (Wildman–Crippen LogP) is 0.752. The molecule has 0 fully saturated rings. The topological polar surface area (TPSA) is 89.3 Å². The first-order valence-electron chi connectivity index (χ1n) is 5.90. The minimum atomic E-state index is -3.68. The van der Waals surface area contributed by atoms with E-state index in [1.807, 2.05) is 19.9 Å². The van der Waals surface area contributed by atoms with Gasteiger partial charge >= 0.3 is 0 Å². The largest absolute Gasteiger partial charge is 0.309 e. The van der Waals surface area contributed by atoms with Crippen LogP contribution in [-0.4, -0.2) is 30.7 Å². The molecule has 5 nitrogen and oxygen atoms in total. The lowest BCUT2D eigenvalue weighted by Crippen LogP contribution is -2.29. The predicted molar refractivity (Wildman–Crippen MR) is 77.8 cm³/mol. The van der Waals surface area contributed by atoms with Gasteiger partial charge in [-0.05, 0) is 31.5 Å². The summed E-state index contributed by atoms with van der Waals surface area (Å²) in [4.78, 5) is 0.103. The van der Waals surface area contributed by atoms with Crippen LogP contribution >= 0.6 is 0 Å². The monoisotopic (exact) mass is 304 g/mol. The quantitative estimate of drug-likeness (QED) is 0.811. The first-order valence-corrected chi connectivity index (χ1v) is 9.07. The molecule has 0 saturated carbocycles. The van der Waals surface area contributed by atoms with Crippen LogP contribution in [0.15, 0.2) is 29.2 Å². The summed E-state index contributed by atoms with van der Waals surface area (Å²) >= 11 is 0. The summed E-state index contributed by atoms with van der Waals surface area (Å²) in [5.41, 5.74) is 0.834. The van der Waals surface area contributed by atoms with Crippen LogP contribution in [0, 0.1) is 0 Å². The van der Waals surface area contributed by atoms with Crippen molar-refractivity contribution in [2.75, 3.05) is 12.8 Å². The highest BCUT2D eigenvalue weighted by molar-refractivity contribution is 7.89. The van der Waals surface area contributed by atoms with Gasteiger partial charge in [0.05, 0.1) is 4.90 Å². The maximum absolute atomic E-state index is 11.3. The molecule has 0 aromatic heterocycles. The lowest BCUT2D eigenvalue weighted by molar-refractivity contribution is 0.567. The minimum Gasteiger partial charge on any atom is -0.309 e. The van der Waals surface area contributed by atoms with E-state index in [1.54, 1.807) is 18.4 Å². The Morgan fingerprint density at radius 1 is 1.37 bits per heavy atom. The van der Waals surface area contributed by atoms with Gasteiger partial charge in [0.1, 0.15) is 0 Å². The molecule has 108 valence electrons. The van der Waals surface area contributed by atoms with Crippen LogP contribution in [0.4, 0.5) is 0 Å². The van der Waals surface area contributed by atoms with Gasteiger partial charge in [-0.15, -0.1) is 0 Å². The second-order valence-corrected chi connectivity index (χ2v) is 7.92. The van der Waals surface area contributed by atoms with Gasteiger partial charge in [0.2, 0.25) is 10.0 Å². The molecule has 0 bridgehead atoms. The second kappa shape index (κ2) is 6.60. The number of hydrogen-bond donors (Lipinski definition) is 2. The molecule has 0 amide bonds. The lowest BCUT2D eigenvalue weighted by atomic mass is 10.1. The van der Waals surface area contributed by atoms with Crippen molar-refractivity contribution in [3.63, 3.8) is 0 Å². The van der Waals surface area contributed by atoms with Crippen molar-refractivity contribution >= 4 is 20.8 Å². The number of nitrogens with one attached hydrogen (secondary N) is 1. The van der Waals surface area contributed by atoms with E-state index in [4.69, 9.17) is 5.14 Å². The summed E-state index contributed by atoms with van der Waals surface area (Å²) < 4.78 is 33.8. The van der Waals surface area contributed by atoms with Crippen LogP contribution in [0.3, 0.4) is 0 Å². The van der Waals surface area contributed by atoms with E-state index in [2.05, 4.69) is 5.32 Å². The van der Waals surface area contributed by atoms with Crippen molar-refractivity contribution in [1.82, 2.24) is 5.32 Å². The first kappa shape index (κ1) is 16.3. The van der Waals surface area contributed by atoms with E-state index in [1.165, 1.54) is 6.07 Å². The van der Waals surface area contributed by atoms with Crippen molar-refractivity contribution in [1.29, 1.82) is 0 Å². The maximum Gasteiger partial charge on any atom is 0.238 e. The Labute approximate surface area is 117 Å². The first-order chi connectivity index (χ1) is 8.71. The molecule has 0 heterocycles. The van der Waals surface area contributed by atoms with Gasteiger partial charge < -0.3 is 5.32 Å². The third-order valence-electron chi connectivity index (χ3n) is 2.96. The van der Waals surface area contributed by atoms with Gasteiger partial charge in [-0.25, -0.2) is 13.6 Å². The Morgan fingerprint density at radius 3 is 2.53 bits per heavy atom. The molecule has 3 unspecified atom stereocenters. The fourth-order valence-electron chi connectivity index (χ4n) is 1.54. The molecule has 3 atom stereocenters. The molecular formula is C12H20N2O3S2. The van der Waals surface area contributed by atoms with Gasteiger partial charge in [0.15, 0.2) is 0 Å². The van der Waals surface area contributed by atoms with Crippen molar-refractivity contribution in [2.45, 2.75) is 30.0 Å². The van der Waals surface area contributed by atoms with Crippen LogP contribution in [0.25, 0.3) is 0 Å². The van der Waals surface area contributed by atoms with E-state index < -0.39 is 20.8 Å². The standard InChI is InChI=1S/C12H20N2O3S2/c1-9(18(3)15)8-14-10(2)11-5-4-6-12(7-11)19(13,16)17/h4-7,9-10,14H,8H2,1-3H3,(H2,13,16,17). The second-order valence-electron chi connectivity index (χ2n) is 4.56. The van der Waals surface area contributed by atoms with Gasteiger partial charge in [0, 0.05) is 34.9 Å². The lowest BCUT2D eigenvalue weighted by Gasteiger charge is -2.17. The van der Waals surface area contributed by atoms with E-state index in [0.717, 1.165) is 5.56 Å². The Bertz CT molecular complexity index is 558. The van der Waals surface area contributed by atoms with E-state index in [-0.39, 0.29) is 16.2 Å². The van der Waals surface area contributed by atoms with E-state index in [9.17, 15) is 12.6 Å². The third-order valence-corrected chi connectivity index (χ3v) is 5.18. The molecule has 0 radical (unpaired) electrons. The average molecular weight is 304 g/mol. The highest BCUT2D eigenvalue weighted by atomic mass is 32.2. The van der Waals surface area contributed by atoms with E-state index >= 15 is 0 Å². The van der Waals surface area contributed by atoms with Crippen molar-refractivity contribution in [3.05, 3.63) is 29.8 Å². The van der Waals surface area contributed by atoms with Gasteiger partial charge in [-0.3, -0.25) is 4.21 Å². The molecule has 0 spiro atoms. The van der Waals surface area contributed by atoms with Crippen LogP contribution < -0.4 is 10.5 Å². The molecular weight excluding hydrogens is 284 g/mol. The number of rotatable bonds is 6. The highest BCUT2D eigenvalue weighted by Crippen LogP contribution is 2.16. The molecule has 3 N–H and O–H groups in total. The summed E-state index contributed by atoms with van der Waals surface area (Å²) in [6.07, 6.45) is 1.67. The summed E-state index contributed by atoms with van der Waals surface area (Å²) in [5, 5.41) is 8.37. The van der Waals surface area contributed by atoms with Gasteiger partial charge in [-0.2, -0.15) is 0 Å². The molecule has 7 heteroatoms. The molecule has 1 rings (SSSR count). The summed E-state index contributed by atoms with van der Waals surface area (Å²) in [6.45, 7) is 4.42. The van der Waals surface area contributed by atoms with Crippen LogP contribution in [0.2, 0.25) is 0 Å². The zero-order chi connectivity index (χ0) is 14.6. The summed E-state index contributed by atoms with van der Waals surface area (Å²) in [7, 11) is -4.56. The normalized spacial score (nSPS) is 16.8. The molecule has 0 aliphatic rings. The Hall–Kier alpha value is -0.760. The molecule has 1 aromatic rings. The third kappa shape index (κ3) is 5.02. The molecule has 0 aliphatic heterocycles. The smallest absolute Gasteiger partial charge is 0.238 e. The Morgan fingerprint density at radius 2 is 2.00 bits per heavy atom.